The number of ether oxygens (including phenoxy) is 3. The van der Waals surface area contributed by atoms with E-state index in [0.717, 1.165) is 83.5 Å². The lowest BCUT2D eigenvalue weighted by molar-refractivity contribution is -0.161. The third-order valence-electron chi connectivity index (χ3n) is 11.3. The molecule has 1 fully saturated rings. The first-order valence-corrected chi connectivity index (χ1v) is 25.1. The molecule has 11 nitrogen and oxygen atoms in total. The van der Waals surface area contributed by atoms with Crippen LogP contribution in [0.25, 0.3) is 0 Å². The number of nitrogens with two attached hydrogens (primary N) is 1. The van der Waals surface area contributed by atoms with Crippen molar-refractivity contribution >= 4 is 19.8 Å². The molecule has 342 valence electrons. The van der Waals surface area contributed by atoms with Crippen LogP contribution in [0.15, 0.2) is 16.6 Å². The summed E-state index contributed by atoms with van der Waals surface area (Å²) in [5.74, 6) is 1.51. The van der Waals surface area contributed by atoms with Crippen LogP contribution in [0.3, 0.4) is 0 Å². The van der Waals surface area contributed by atoms with Crippen LogP contribution >= 0.6 is 7.82 Å². The van der Waals surface area contributed by atoms with Gasteiger partial charge in [0.05, 0.1) is 25.4 Å². The Bertz CT molecular complexity index is 1320. The van der Waals surface area contributed by atoms with Crippen LogP contribution in [-0.2, 0) is 50.3 Å². The van der Waals surface area contributed by atoms with Gasteiger partial charge in [0.1, 0.15) is 18.1 Å². The lowest BCUT2D eigenvalue weighted by atomic mass is 10.0. The molecule has 3 N–H and O–H groups in total. The monoisotopic (exact) mass is 854 g/mol. The largest absolute Gasteiger partial charge is 0.472 e. The summed E-state index contributed by atoms with van der Waals surface area (Å²) in [7, 11) is -4.40. The molecule has 2 rings (SSSR count). The van der Waals surface area contributed by atoms with E-state index in [1.165, 1.54) is 99.7 Å². The number of aryl methyl sites for hydroxylation is 2. The normalized spacial score (nSPS) is 16.7. The van der Waals surface area contributed by atoms with Crippen molar-refractivity contribution in [2.75, 3.05) is 26.4 Å². The van der Waals surface area contributed by atoms with Crippen molar-refractivity contribution in [3.8, 4) is 0 Å². The smallest absolute Gasteiger partial charge is 0.466 e. The standard InChI is InChI=1S/C47H84NO10P/c1-5-7-9-10-18-25-31-44-45(58-44)32-26-20-17-22-28-34-47(50)56-41(38-55-59(51,52)54-36-35-48)37-53-46(49)33-27-21-16-14-12-11-13-15-19-24-30-43-40(4)39(3)42(57-43)29-23-8-6-2/h18,25,41,44-45H,5-17,19-24,26-38,48H2,1-4H3,(H,51,52)/b25-18-/t41-,44?,45?/m1/s1. The lowest BCUT2D eigenvalue weighted by Crippen LogP contribution is -2.29. The van der Waals surface area contributed by atoms with E-state index >= 15 is 0 Å². The van der Waals surface area contributed by atoms with Crippen molar-refractivity contribution < 1.29 is 46.7 Å². The van der Waals surface area contributed by atoms with Gasteiger partial charge < -0.3 is 29.3 Å². The Morgan fingerprint density at radius 2 is 1.24 bits per heavy atom. The molecule has 0 radical (unpaired) electrons. The number of allylic oxidation sites excluding steroid dienone is 1. The number of epoxide rings is 1. The van der Waals surface area contributed by atoms with Crippen molar-refractivity contribution in [1.29, 1.82) is 0 Å². The second-order valence-corrected chi connectivity index (χ2v) is 18.0. The topological polar surface area (TPSA) is 160 Å². The third-order valence-corrected chi connectivity index (χ3v) is 12.3. The SMILES string of the molecule is CCCCC/C=C\CC1OC1CCCCCCCC(=O)O[C@H](COC(=O)CCCCCCCCCCCCc1oc(CCCCC)c(C)c1C)COP(=O)(O)OCCN. The average Bonchev–Trinajstić information content (AvgIpc) is 3.92. The molecule has 0 aliphatic carbocycles. The minimum absolute atomic E-state index is 0.0446. The van der Waals surface area contributed by atoms with Gasteiger partial charge in [-0.25, -0.2) is 4.57 Å². The van der Waals surface area contributed by atoms with Crippen molar-refractivity contribution in [3.05, 3.63) is 34.8 Å². The molecule has 0 aromatic carbocycles. The van der Waals surface area contributed by atoms with E-state index < -0.39 is 32.5 Å². The number of carbonyl (C=O) groups excluding carboxylic acids is 2. The van der Waals surface area contributed by atoms with Gasteiger partial charge >= 0.3 is 19.8 Å². The maximum absolute atomic E-state index is 12.6. The van der Waals surface area contributed by atoms with Gasteiger partial charge in [0, 0.05) is 32.2 Å². The summed E-state index contributed by atoms with van der Waals surface area (Å²) >= 11 is 0. The summed E-state index contributed by atoms with van der Waals surface area (Å²) in [6.07, 6.45) is 33.6. The van der Waals surface area contributed by atoms with Crippen LogP contribution in [0, 0.1) is 13.8 Å². The van der Waals surface area contributed by atoms with E-state index in [1.807, 2.05) is 0 Å². The van der Waals surface area contributed by atoms with E-state index in [1.54, 1.807) is 0 Å². The maximum Gasteiger partial charge on any atom is 0.472 e. The molecular formula is C47H84NO10P. The molecule has 12 heteroatoms. The van der Waals surface area contributed by atoms with Gasteiger partial charge in [-0.15, -0.1) is 0 Å². The van der Waals surface area contributed by atoms with Crippen LogP contribution < -0.4 is 5.73 Å². The molecule has 1 saturated heterocycles. The van der Waals surface area contributed by atoms with Crippen LogP contribution in [0.2, 0.25) is 0 Å². The van der Waals surface area contributed by atoms with Crippen LogP contribution in [0.4, 0.5) is 0 Å². The average molecular weight is 854 g/mol. The van der Waals surface area contributed by atoms with Crippen molar-refractivity contribution in [1.82, 2.24) is 0 Å². The van der Waals surface area contributed by atoms with E-state index in [4.69, 9.17) is 33.4 Å². The number of hydrogen-bond acceptors (Lipinski definition) is 10. The molecule has 2 heterocycles. The van der Waals surface area contributed by atoms with Gasteiger partial charge in [0.15, 0.2) is 6.10 Å². The van der Waals surface area contributed by atoms with Gasteiger partial charge in [-0.05, 0) is 76.3 Å². The number of hydrogen-bond donors (Lipinski definition) is 2. The Balaban J connectivity index is 1.53. The van der Waals surface area contributed by atoms with E-state index in [-0.39, 0.29) is 32.6 Å². The highest BCUT2D eigenvalue weighted by Crippen LogP contribution is 2.43. The van der Waals surface area contributed by atoms with E-state index in [9.17, 15) is 19.0 Å². The first kappa shape index (κ1) is 53.1. The Morgan fingerprint density at radius 1 is 0.695 bits per heavy atom. The van der Waals surface area contributed by atoms with Crippen LogP contribution in [0.1, 0.15) is 203 Å². The van der Waals surface area contributed by atoms with Crippen molar-refractivity contribution in [2.24, 2.45) is 5.73 Å². The third kappa shape index (κ3) is 26.8. The highest BCUT2D eigenvalue weighted by Gasteiger charge is 2.36. The fourth-order valence-corrected chi connectivity index (χ4v) is 8.11. The van der Waals surface area contributed by atoms with Crippen LogP contribution in [0.5, 0.6) is 0 Å². The second-order valence-electron chi connectivity index (χ2n) is 16.6. The first-order valence-electron chi connectivity index (χ1n) is 23.6. The maximum atomic E-state index is 12.6. The summed E-state index contributed by atoms with van der Waals surface area (Å²) < 4.78 is 44.9. The van der Waals surface area contributed by atoms with E-state index in [0.29, 0.717) is 18.6 Å². The number of furan rings is 1. The minimum atomic E-state index is -4.40. The molecule has 1 aromatic rings. The van der Waals surface area contributed by atoms with Gasteiger partial charge in [0.25, 0.3) is 0 Å². The molecule has 0 amide bonds. The molecule has 0 saturated carbocycles. The predicted octanol–water partition coefficient (Wildman–Crippen LogP) is 12.0. The van der Waals surface area contributed by atoms with E-state index in [2.05, 4.69) is 39.8 Å². The Kier molecular flexibility index (Phi) is 30.3. The Labute approximate surface area is 358 Å². The van der Waals surface area contributed by atoms with Gasteiger partial charge in [-0.2, -0.15) is 0 Å². The first-order chi connectivity index (χ1) is 28.6. The molecule has 3 unspecified atom stereocenters. The molecular weight excluding hydrogens is 769 g/mol. The van der Waals surface area contributed by atoms with Crippen molar-refractivity contribution in [2.45, 2.75) is 226 Å². The molecule has 59 heavy (non-hydrogen) atoms. The Morgan fingerprint density at radius 3 is 1.85 bits per heavy atom. The number of carbonyl (C=O) groups is 2. The summed E-state index contributed by atoms with van der Waals surface area (Å²) in [6.45, 7) is 8.03. The summed E-state index contributed by atoms with van der Waals surface area (Å²) in [5.41, 5.74) is 8.05. The molecule has 1 aliphatic heterocycles. The highest BCUT2D eigenvalue weighted by molar-refractivity contribution is 7.47. The molecule has 4 atom stereocenters. The zero-order valence-corrected chi connectivity index (χ0v) is 38.6. The molecule has 1 aromatic heterocycles. The number of phosphoric ester groups is 1. The van der Waals surface area contributed by atoms with Gasteiger partial charge in [0.2, 0.25) is 0 Å². The number of phosphoric acid groups is 1. The van der Waals surface area contributed by atoms with Crippen molar-refractivity contribution in [3.63, 3.8) is 0 Å². The number of esters is 2. The molecule has 0 bridgehead atoms. The predicted molar refractivity (Wildman–Crippen MR) is 236 cm³/mol. The summed E-state index contributed by atoms with van der Waals surface area (Å²) in [6, 6.07) is 0. The Hall–Kier alpha value is -2.01. The zero-order chi connectivity index (χ0) is 43.0. The quantitative estimate of drug-likeness (QED) is 0.0213. The minimum Gasteiger partial charge on any atom is -0.466 e. The zero-order valence-electron chi connectivity index (χ0n) is 37.7. The molecule has 0 spiro atoms. The fraction of sp³-hybridized carbons (Fsp3) is 0.830. The number of rotatable bonds is 40. The lowest BCUT2D eigenvalue weighted by Gasteiger charge is -2.19. The number of unbranched alkanes of at least 4 members (excludes halogenated alkanes) is 18. The van der Waals surface area contributed by atoms with Gasteiger partial charge in [-0.3, -0.25) is 18.6 Å². The second kappa shape index (κ2) is 33.6. The fourth-order valence-electron chi connectivity index (χ4n) is 7.35. The summed E-state index contributed by atoms with van der Waals surface area (Å²) in [4.78, 5) is 35.1. The highest BCUT2D eigenvalue weighted by atomic mass is 31.2. The van der Waals surface area contributed by atoms with Crippen LogP contribution in [-0.4, -0.2) is 61.5 Å². The summed E-state index contributed by atoms with van der Waals surface area (Å²) in [5, 5.41) is 0. The van der Waals surface area contributed by atoms with Gasteiger partial charge in [-0.1, -0.05) is 129 Å². The molecule has 1 aliphatic rings.